The van der Waals surface area contributed by atoms with Crippen molar-refractivity contribution < 1.29 is 9.53 Å². The molecule has 1 amide bonds. The van der Waals surface area contributed by atoms with Crippen LogP contribution in [-0.4, -0.2) is 34.2 Å². The Bertz CT molecular complexity index is 995. The van der Waals surface area contributed by atoms with Crippen LogP contribution in [-0.2, 0) is 0 Å². The van der Waals surface area contributed by atoms with Crippen molar-refractivity contribution in [3.8, 4) is 17.0 Å². The number of aromatic amines is 1. The Labute approximate surface area is 162 Å². The minimum Gasteiger partial charge on any atom is -0.497 e. The van der Waals surface area contributed by atoms with Gasteiger partial charge in [-0.05, 0) is 55.8 Å². The Morgan fingerprint density at radius 1 is 1.19 bits per heavy atom. The number of H-pyrrole nitrogens is 1. The van der Waals surface area contributed by atoms with E-state index in [-0.39, 0.29) is 18.0 Å². The van der Waals surface area contributed by atoms with Crippen molar-refractivity contribution in [3.05, 3.63) is 70.4 Å². The number of halogens is 1. The maximum absolute atomic E-state index is 13.1. The minimum atomic E-state index is -0.234. The fourth-order valence-electron chi connectivity index (χ4n) is 3.67. The number of aromatic nitrogens is 2. The molecule has 0 radical (unpaired) electrons. The predicted octanol–water partition coefficient (Wildman–Crippen LogP) is 4.69. The third-order valence-electron chi connectivity index (χ3n) is 4.89. The predicted molar refractivity (Wildman–Crippen MR) is 105 cm³/mol. The molecular weight excluding hydrogens is 362 g/mol. The number of hydrogen-bond acceptors (Lipinski definition) is 3. The van der Waals surface area contributed by atoms with Crippen LogP contribution >= 0.6 is 11.6 Å². The van der Waals surface area contributed by atoms with Crippen LogP contribution in [0, 0.1) is 0 Å². The maximum atomic E-state index is 13.1. The Morgan fingerprint density at radius 2 is 1.93 bits per heavy atom. The number of nitrogens with zero attached hydrogens (tertiary/aromatic N) is 2. The largest absolute Gasteiger partial charge is 0.497 e. The molecule has 4 rings (SSSR count). The minimum absolute atomic E-state index is 0.0333. The molecule has 27 heavy (non-hydrogen) atoms. The van der Waals surface area contributed by atoms with Crippen molar-refractivity contribution in [1.29, 1.82) is 0 Å². The highest BCUT2D eigenvalue weighted by Gasteiger charge is 2.43. The number of ether oxygens (including phenoxy) is 1. The molecule has 3 aromatic rings. The Morgan fingerprint density at radius 3 is 2.56 bits per heavy atom. The van der Waals surface area contributed by atoms with E-state index in [1.54, 1.807) is 7.11 Å². The second kappa shape index (κ2) is 6.74. The lowest BCUT2D eigenvalue weighted by molar-refractivity contribution is 0.0688. The molecule has 138 valence electrons. The van der Waals surface area contributed by atoms with Gasteiger partial charge in [-0.15, -0.1) is 0 Å². The molecule has 1 N–H and O–H groups in total. The van der Waals surface area contributed by atoms with Crippen LogP contribution in [0.25, 0.3) is 11.3 Å². The second-order valence-electron chi connectivity index (χ2n) is 6.85. The first-order chi connectivity index (χ1) is 13.0. The van der Waals surface area contributed by atoms with Crippen molar-refractivity contribution in [3.63, 3.8) is 0 Å². The first kappa shape index (κ1) is 17.6. The standard InChI is InChI=1S/C21H20ClN3O2/c1-12(2)25-20(14-5-4-6-15(22)11-14)17-18(23-24-19(17)21(25)26)13-7-9-16(27-3)10-8-13/h4-12,20H,1-3H3,(H,23,24). The summed E-state index contributed by atoms with van der Waals surface area (Å²) in [6, 6.07) is 15.1. The third-order valence-corrected chi connectivity index (χ3v) is 5.12. The van der Waals surface area contributed by atoms with Crippen LogP contribution in [0.1, 0.15) is 41.5 Å². The van der Waals surface area contributed by atoms with Crippen LogP contribution < -0.4 is 4.74 Å². The van der Waals surface area contributed by atoms with Gasteiger partial charge in [0.25, 0.3) is 5.91 Å². The molecule has 0 saturated carbocycles. The summed E-state index contributed by atoms with van der Waals surface area (Å²) in [6.45, 7) is 4.03. The molecule has 0 spiro atoms. The number of amides is 1. The van der Waals surface area contributed by atoms with E-state index < -0.39 is 0 Å². The normalized spacial score (nSPS) is 16.1. The number of nitrogens with one attached hydrogen (secondary N) is 1. The number of benzene rings is 2. The van der Waals surface area contributed by atoms with Gasteiger partial charge in [0.05, 0.1) is 18.8 Å². The molecule has 1 atom stereocenters. The van der Waals surface area contributed by atoms with Gasteiger partial charge < -0.3 is 9.64 Å². The number of methoxy groups -OCH3 is 1. The molecule has 6 heteroatoms. The third kappa shape index (κ3) is 2.88. The molecule has 2 aromatic carbocycles. The summed E-state index contributed by atoms with van der Waals surface area (Å²) in [4.78, 5) is 14.9. The van der Waals surface area contributed by atoms with Crippen LogP contribution in [0.3, 0.4) is 0 Å². The highest BCUT2D eigenvalue weighted by atomic mass is 35.5. The lowest BCUT2D eigenvalue weighted by atomic mass is 9.95. The smallest absolute Gasteiger partial charge is 0.273 e. The zero-order valence-electron chi connectivity index (χ0n) is 15.4. The summed E-state index contributed by atoms with van der Waals surface area (Å²) in [6.07, 6.45) is 0. The van der Waals surface area contributed by atoms with Gasteiger partial charge in [-0.3, -0.25) is 9.89 Å². The molecule has 0 aliphatic carbocycles. The molecule has 5 nitrogen and oxygen atoms in total. The maximum Gasteiger partial charge on any atom is 0.273 e. The average molecular weight is 382 g/mol. The van der Waals surface area contributed by atoms with E-state index >= 15 is 0 Å². The molecule has 1 aliphatic rings. The summed E-state index contributed by atoms with van der Waals surface area (Å²) in [5, 5.41) is 8.06. The lowest BCUT2D eigenvalue weighted by Gasteiger charge is -2.30. The van der Waals surface area contributed by atoms with Gasteiger partial charge in [0.1, 0.15) is 11.4 Å². The number of carbonyl (C=O) groups excluding carboxylic acids is 1. The van der Waals surface area contributed by atoms with E-state index in [1.165, 1.54) is 0 Å². The van der Waals surface area contributed by atoms with Crippen LogP contribution in [0.2, 0.25) is 5.02 Å². The quantitative estimate of drug-likeness (QED) is 0.713. The van der Waals surface area contributed by atoms with Crippen molar-refractivity contribution in [2.24, 2.45) is 0 Å². The van der Waals surface area contributed by atoms with Gasteiger partial charge in [-0.2, -0.15) is 5.10 Å². The van der Waals surface area contributed by atoms with Gasteiger partial charge in [0.15, 0.2) is 0 Å². The zero-order chi connectivity index (χ0) is 19.1. The number of rotatable bonds is 4. The lowest BCUT2D eigenvalue weighted by Crippen LogP contribution is -2.35. The van der Waals surface area contributed by atoms with E-state index in [2.05, 4.69) is 10.2 Å². The highest BCUT2D eigenvalue weighted by Crippen LogP contribution is 2.44. The van der Waals surface area contributed by atoms with E-state index in [0.29, 0.717) is 10.7 Å². The molecule has 2 heterocycles. The summed E-state index contributed by atoms with van der Waals surface area (Å²) in [5.41, 5.74) is 4.10. The number of fused-ring (bicyclic) bond motifs is 1. The van der Waals surface area contributed by atoms with Gasteiger partial charge in [-0.1, -0.05) is 23.7 Å². The first-order valence-corrected chi connectivity index (χ1v) is 9.20. The molecule has 0 fully saturated rings. The van der Waals surface area contributed by atoms with Crippen LogP contribution in [0.15, 0.2) is 48.5 Å². The number of carbonyl (C=O) groups is 1. The van der Waals surface area contributed by atoms with Crippen LogP contribution in [0.4, 0.5) is 0 Å². The first-order valence-electron chi connectivity index (χ1n) is 8.82. The van der Waals surface area contributed by atoms with Gasteiger partial charge in [0.2, 0.25) is 0 Å². The summed E-state index contributed by atoms with van der Waals surface area (Å²) in [5.74, 6) is 0.731. The molecule has 1 unspecified atom stereocenters. The molecule has 1 aromatic heterocycles. The SMILES string of the molecule is COc1ccc(-c2n[nH]c3c2C(c2cccc(Cl)c2)N(C(C)C)C3=O)cc1. The highest BCUT2D eigenvalue weighted by molar-refractivity contribution is 6.30. The second-order valence-corrected chi connectivity index (χ2v) is 7.29. The molecule has 1 aliphatic heterocycles. The summed E-state index contributed by atoms with van der Waals surface area (Å²) < 4.78 is 5.24. The van der Waals surface area contributed by atoms with Crippen molar-refractivity contribution in [1.82, 2.24) is 15.1 Å². The average Bonchev–Trinajstić information content (AvgIpc) is 3.21. The van der Waals surface area contributed by atoms with Gasteiger partial charge >= 0.3 is 0 Å². The van der Waals surface area contributed by atoms with E-state index in [1.807, 2.05) is 67.3 Å². The van der Waals surface area contributed by atoms with Gasteiger partial charge in [0, 0.05) is 22.2 Å². The van der Waals surface area contributed by atoms with E-state index in [0.717, 1.165) is 28.1 Å². The zero-order valence-corrected chi connectivity index (χ0v) is 16.1. The summed E-state index contributed by atoms with van der Waals surface area (Å²) >= 11 is 6.24. The number of hydrogen-bond donors (Lipinski definition) is 1. The van der Waals surface area contributed by atoms with Crippen molar-refractivity contribution in [2.45, 2.75) is 25.9 Å². The van der Waals surface area contributed by atoms with Gasteiger partial charge in [-0.25, -0.2) is 0 Å². The molecule has 0 bridgehead atoms. The van der Waals surface area contributed by atoms with E-state index in [4.69, 9.17) is 16.3 Å². The molecule has 0 saturated heterocycles. The van der Waals surface area contributed by atoms with Crippen molar-refractivity contribution >= 4 is 17.5 Å². The Balaban J connectivity index is 1.89. The fourth-order valence-corrected chi connectivity index (χ4v) is 3.87. The topological polar surface area (TPSA) is 58.2 Å². The summed E-state index contributed by atoms with van der Waals surface area (Å²) in [7, 11) is 1.63. The molecular formula is C21H20ClN3O2. The van der Waals surface area contributed by atoms with E-state index in [9.17, 15) is 4.79 Å². The fraction of sp³-hybridized carbons (Fsp3) is 0.238. The monoisotopic (exact) mass is 381 g/mol. The Kier molecular flexibility index (Phi) is 4.40. The van der Waals surface area contributed by atoms with Crippen molar-refractivity contribution in [2.75, 3.05) is 7.11 Å². The Hall–Kier alpha value is -2.79. The van der Waals surface area contributed by atoms with Crippen LogP contribution in [0.5, 0.6) is 5.75 Å².